The van der Waals surface area contributed by atoms with E-state index in [9.17, 15) is 24.0 Å². The zero-order valence-electron chi connectivity index (χ0n) is 43.7. The maximum absolute atomic E-state index is 13.7. The maximum Gasteiger partial charge on any atom is 0.334 e. The van der Waals surface area contributed by atoms with E-state index in [2.05, 4.69) is 6.92 Å². The third-order valence-corrected chi connectivity index (χ3v) is 13.9. The Bertz CT molecular complexity index is 3860. The van der Waals surface area contributed by atoms with Crippen molar-refractivity contribution in [3.63, 3.8) is 0 Å². The molecule has 1 aromatic heterocycles. The number of para-hydroxylation sites is 2. The number of hydrogen-bond donors (Lipinski definition) is 0. The van der Waals surface area contributed by atoms with Crippen molar-refractivity contribution in [1.29, 1.82) is 0 Å². The first-order valence-corrected chi connectivity index (χ1v) is 25.6. The smallest absolute Gasteiger partial charge is 0.334 e. The molecule has 0 aliphatic rings. The topological polar surface area (TPSA) is 114 Å². The molecule has 0 N–H and O–H groups in total. The zero-order chi connectivity index (χ0) is 54.0. The van der Waals surface area contributed by atoms with Gasteiger partial charge in [0.1, 0.15) is 22.8 Å². The van der Waals surface area contributed by atoms with E-state index in [0.29, 0.717) is 67.4 Å². The first kappa shape index (κ1) is 51.0. The predicted molar refractivity (Wildman–Crippen MR) is 303 cm³/mol. The predicted octanol–water partition coefficient (Wildman–Crippen LogP) is 14.8. The number of ether oxygens (including phenoxy) is 2. The summed E-state index contributed by atoms with van der Waals surface area (Å²) in [5.74, 6) is 1.34. The second-order valence-corrected chi connectivity index (χ2v) is 20.5. The Balaban J connectivity index is 0.716. The quantitative estimate of drug-likeness (QED) is 0.0886. The third-order valence-electron chi connectivity index (χ3n) is 13.9. The van der Waals surface area contributed by atoms with Crippen molar-refractivity contribution in [2.75, 3.05) is 0 Å². The summed E-state index contributed by atoms with van der Waals surface area (Å²) < 4.78 is 16.1. The van der Waals surface area contributed by atoms with Gasteiger partial charge in [-0.3, -0.25) is 28.3 Å². The van der Waals surface area contributed by atoms with Crippen LogP contribution < -0.4 is 15.2 Å². The minimum absolute atomic E-state index is 0.0829. The number of nitrogens with zero attached hydrogens (tertiary/aromatic N) is 2. The summed E-state index contributed by atoms with van der Waals surface area (Å²) in [6.45, 7) is 12.0. The summed E-state index contributed by atoms with van der Waals surface area (Å²) >= 11 is 0. The first-order valence-electron chi connectivity index (χ1n) is 25.6. The molecule has 0 saturated heterocycles. The molecule has 0 unspecified atom stereocenters. The van der Waals surface area contributed by atoms with Crippen LogP contribution in [-0.4, -0.2) is 32.3 Å². The third kappa shape index (κ3) is 10.8. The largest absolute Gasteiger partial charge is 0.483 e. The second-order valence-electron chi connectivity index (χ2n) is 20.5. The Morgan fingerprint density at radius 3 is 1.14 bits per heavy atom. The standard InChI is InChI=1S/C68H56N2O7/c1-7-44-12-14-47(15-13-44)62(71)48-16-22-51(23-17-48)65(74)54-32-40-58(41-33-54)76-57-38-28-45(29-39-57)46-30-42-59(43-31-46)77-68(5,6)55-34-24-52(25-35-55)63(72)49-18-20-50(21-19-49)64(73)53-26-36-56(37-27-53)69-60-10-8-9-11-61(60)70(66(69)75)67(2,3)4/h8-43H,7H2,1-6H3. The Labute approximate surface area is 447 Å². The Kier molecular flexibility index (Phi) is 13.9. The van der Waals surface area contributed by atoms with Gasteiger partial charge in [-0.2, -0.15) is 0 Å². The van der Waals surface area contributed by atoms with E-state index in [4.69, 9.17) is 9.47 Å². The van der Waals surface area contributed by atoms with Crippen LogP contribution in [0.15, 0.2) is 223 Å². The summed E-state index contributed by atoms with van der Waals surface area (Å²) in [4.78, 5) is 67.1. The summed E-state index contributed by atoms with van der Waals surface area (Å²) in [5.41, 5.74) is 9.09. The van der Waals surface area contributed by atoms with Gasteiger partial charge in [0.25, 0.3) is 0 Å². The van der Waals surface area contributed by atoms with Crippen molar-refractivity contribution >= 4 is 34.2 Å². The monoisotopic (exact) mass is 1010 g/mol. The lowest BCUT2D eigenvalue weighted by atomic mass is 9.94. The molecule has 77 heavy (non-hydrogen) atoms. The molecule has 0 atom stereocenters. The SMILES string of the molecule is CCc1ccc(C(=O)c2ccc(C(=O)c3ccc(Oc4ccc(-c5ccc(OC(C)(C)c6ccc(C(=O)c7ccc(C(=O)c8ccc(-n9c(=O)n(C(C)(C)C)c%10ccccc%109)cc8)cc7)cc6)cc5)cc4)cc3)cc2)cc1. The van der Waals surface area contributed by atoms with Crippen molar-refractivity contribution < 1.29 is 28.7 Å². The first-order chi connectivity index (χ1) is 37.0. The molecule has 0 saturated carbocycles. The fourth-order valence-electron chi connectivity index (χ4n) is 9.53. The van der Waals surface area contributed by atoms with Crippen molar-refractivity contribution in [2.45, 2.75) is 59.1 Å². The van der Waals surface area contributed by atoms with Gasteiger partial charge in [-0.1, -0.05) is 140 Å². The van der Waals surface area contributed by atoms with E-state index >= 15 is 0 Å². The Morgan fingerprint density at radius 2 is 0.740 bits per heavy atom. The number of ketones is 4. The van der Waals surface area contributed by atoms with Gasteiger partial charge in [0.05, 0.1) is 16.7 Å². The van der Waals surface area contributed by atoms with Crippen LogP contribution in [0.4, 0.5) is 0 Å². The van der Waals surface area contributed by atoms with E-state index in [1.54, 1.807) is 118 Å². The fourth-order valence-corrected chi connectivity index (χ4v) is 9.53. The van der Waals surface area contributed by atoms with E-state index in [-0.39, 0.29) is 28.8 Å². The van der Waals surface area contributed by atoms with Crippen LogP contribution >= 0.6 is 0 Å². The average molecular weight is 1010 g/mol. The molecule has 10 aromatic rings. The molecule has 380 valence electrons. The summed E-state index contributed by atoms with van der Waals surface area (Å²) in [5, 5.41) is 0. The van der Waals surface area contributed by atoms with Gasteiger partial charge in [0.15, 0.2) is 23.1 Å². The summed E-state index contributed by atoms with van der Waals surface area (Å²) in [6.07, 6.45) is 0.905. The minimum Gasteiger partial charge on any atom is -0.483 e. The average Bonchev–Trinajstić information content (AvgIpc) is 3.79. The van der Waals surface area contributed by atoms with Gasteiger partial charge < -0.3 is 9.47 Å². The molecule has 0 spiro atoms. The number of carbonyl (C=O) groups excluding carboxylic acids is 4. The van der Waals surface area contributed by atoms with E-state index in [1.165, 1.54) is 5.56 Å². The van der Waals surface area contributed by atoms with Gasteiger partial charge in [0, 0.05) is 50.0 Å². The molecule has 0 fully saturated rings. The lowest BCUT2D eigenvalue weighted by molar-refractivity contribution is 0.102. The molecule has 9 heteroatoms. The molecule has 0 amide bonds. The molecule has 9 nitrogen and oxygen atoms in total. The molecule has 0 radical (unpaired) electrons. The zero-order valence-corrected chi connectivity index (χ0v) is 43.7. The van der Waals surface area contributed by atoms with Gasteiger partial charge >= 0.3 is 5.69 Å². The van der Waals surface area contributed by atoms with Crippen LogP contribution in [0.2, 0.25) is 0 Å². The minimum atomic E-state index is -0.718. The van der Waals surface area contributed by atoms with Gasteiger partial charge in [0.2, 0.25) is 0 Å². The molecule has 0 bridgehead atoms. The van der Waals surface area contributed by atoms with Crippen LogP contribution in [0.25, 0.3) is 27.8 Å². The van der Waals surface area contributed by atoms with Crippen LogP contribution in [0, 0.1) is 0 Å². The fraction of sp³-hybridized carbons (Fsp3) is 0.132. The van der Waals surface area contributed by atoms with Crippen molar-refractivity contribution in [2.24, 2.45) is 0 Å². The highest BCUT2D eigenvalue weighted by atomic mass is 16.5. The van der Waals surface area contributed by atoms with Crippen LogP contribution in [0.1, 0.15) is 116 Å². The van der Waals surface area contributed by atoms with Crippen LogP contribution in [0.3, 0.4) is 0 Å². The number of fused-ring (bicyclic) bond motifs is 1. The number of benzene rings is 9. The van der Waals surface area contributed by atoms with Crippen molar-refractivity contribution in [3.8, 4) is 34.1 Å². The van der Waals surface area contributed by atoms with Crippen molar-refractivity contribution in [3.05, 3.63) is 285 Å². The highest BCUT2D eigenvalue weighted by Gasteiger charge is 2.25. The molecule has 9 aromatic carbocycles. The van der Waals surface area contributed by atoms with E-state index in [0.717, 1.165) is 34.1 Å². The number of aryl methyl sites for hydroxylation is 1. The normalized spacial score (nSPS) is 11.6. The van der Waals surface area contributed by atoms with Gasteiger partial charge in [-0.15, -0.1) is 0 Å². The van der Waals surface area contributed by atoms with E-state index < -0.39 is 11.1 Å². The number of imidazole rings is 1. The molecular weight excluding hydrogens is 957 g/mol. The molecular formula is C68H56N2O7. The van der Waals surface area contributed by atoms with E-state index in [1.807, 2.05) is 144 Å². The van der Waals surface area contributed by atoms with Gasteiger partial charge in [-0.25, -0.2) is 4.79 Å². The van der Waals surface area contributed by atoms with Crippen molar-refractivity contribution in [1.82, 2.24) is 9.13 Å². The number of aromatic nitrogens is 2. The number of hydrogen-bond acceptors (Lipinski definition) is 7. The lowest BCUT2D eigenvalue weighted by Crippen LogP contribution is -2.34. The molecule has 10 rings (SSSR count). The van der Waals surface area contributed by atoms with Crippen LogP contribution in [-0.2, 0) is 17.6 Å². The second kappa shape index (κ2) is 21.0. The molecule has 0 aliphatic carbocycles. The Morgan fingerprint density at radius 1 is 0.403 bits per heavy atom. The lowest BCUT2D eigenvalue weighted by Gasteiger charge is -2.27. The molecule has 0 aliphatic heterocycles. The highest BCUT2D eigenvalue weighted by molar-refractivity contribution is 6.13. The highest BCUT2D eigenvalue weighted by Crippen LogP contribution is 2.32. The number of rotatable bonds is 16. The Hall–Kier alpha value is -9.47. The van der Waals surface area contributed by atoms with Gasteiger partial charge in [-0.05, 0) is 148 Å². The maximum atomic E-state index is 13.7. The molecule has 1 heterocycles. The summed E-state index contributed by atoms with van der Waals surface area (Å²) in [6, 6.07) is 65.8. The summed E-state index contributed by atoms with van der Waals surface area (Å²) in [7, 11) is 0. The number of carbonyl (C=O) groups is 4. The van der Waals surface area contributed by atoms with Crippen LogP contribution in [0.5, 0.6) is 17.2 Å².